The fraction of sp³-hybridized carbons (Fsp3) is 0.316. The lowest BCUT2D eigenvalue weighted by molar-refractivity contribution is 0.0793. The number of thioether (sulfide) groups is 1. The van der Waals surface area contributed by atoms with Crippen LogP contribution >= 0.6 is 23.1 Å². The van der Waals surface area contributed by atoms with Gasteiger partial charge in [-0.05, 0) is 42.0 Å². The van der Waals surface area contributed by atoms with E-state index in [0.29, 0.717) is 16.3 Å². The van der Waals surface area contributed by atoms with Crippen molar-refractivity contribution >= 4 is 39.2 Å². The minimum Gasteiger partial charge on any atom is -0.339 e. The lowest BCUT2D eigenvalue weighted by Crippen LogP contribution is -2.27. The summed E-state index contributed by atoms with van der Waals surface area (Å²) in [6, 6.07) is 9.58. The van der Waals surface area contributed by atoms with Gasteiger partial charge in [0.1, 0.15) is 4.83 Å². The van der Waals surface area contributed by atoms with Crippen LogP contribution in [0.4, 0.5) is 0 Å². The molecule has 0 atom stereocenters. The molecular weight excluding hydrogens is 366 g/mol. The Balaban J connectivity index is 1.47. The minimum absolute atomic E-state index is 0.00897. The molecule has 0 bridgehead atoms. The van der Waals surface area contributed by atoms with Gasteiger partial charge in [-0.1, -0.05) is 23.9 Å². The molecule has 0 saturated carbocycles. The summed E-state index contributed by atoms with van der Waals surface area (Å²) >= 11 is 3.02. The molecule has 3 heterocycles. The lowest BCUT2D eigenvalue weighted by Gasteiger charge is -2.15. The van der Waals surface area contributed by atoms with Crippen molar-refractivity contribution in [3.8, 4) is 0 Å². The number of fused-ring (bicyclic) bond motifs is 1. The largest absolute Gasteiger partial charge is 0.339 e. The topological polar surface area (TPSA) is 55.2 Å². The number of hydrogen-bond acceptors (Lipinski definition) is 5. The monoisotopic (exact) mass is 385 g/mol. The molecule has 1 aliphatic heterocycles. The normalized spacial score (nSPS) is 14.3. The van der Waals surface area contributed by atoms with Gasteiger partial charge in [-0.25, -0.2) is 4.98 Å². The van der Waals surface area contributed by atoms with Crippen molar-refractivity contribution < 1.29 is 4.79 Å². The number of amides is 1. The zero-order valence-corrected chi connectivity index (χ0v) is 16.1. The first-order valence-corrected chi connectivity index (χ1v) is 10.5. The number of rotatable bonds is 4. The van der Waals surface area contributed by atoms with E-state index in [1.54, 1.807) is 11.6 Å². The van der Waals surface area contributed by atoms with Gasteiger partial charge in [0.2, 0.25) is 0 Å². The number of aromatic nitrogens is 2. The Kier molecular flexibility index (Phi) is 4.82. The third-order valence-electron chi connectivity index (χ3n) is 4.63. The van der Waals surface area contributed by atoms with Gasteiger partial charge < -0.3 is 4.90 Å². The van der Waals surface area contributed by atoms with Crippen molar-refractivity contribution in [3.05, 3.63) is 57.2 Å². The van der Waals surface area contributed by atoms with E-state index in [4.69, 9.17) is 0 Å². The van der Waals surface area contributed by atoms with Crippen LogP contribution in [0.15, 0.2) is 45.7 Å². The van der Waals surface area contributed by atoms with E-state index in [1.165, 1.54) is 23.1 Å². The molecule has 4 rings (SSSR count). The number of carbonyl (C=O) groups is 1. The molecule has 3 aromatic rings. The first-order chi connectivity index (χ1) is 12.6. The van der Waals surface area contributed by atoms with Crippen molar-refractivity contribution in [3.63, 3.8) is 0 Å². The van der Waals surface area contributed by atoms with Gasteiger partial charge in [0.25, 0.3) is 11.5 Å². The van der Waals surface area contributed by atoms with Crippen molar-refractivity contribution in [2.75, 3.05) is 13.1 Å². The van der Waals surface area contributed by atoms with Crippen molar-refractivity contribution in [1.29, 1.82) is 0 Å². The van der Waals surface area contributed by atoms with Crippen molar-refractivity contribution in [2.45, 2.75) is 23.8 Å². The second kappa shape index (κ2) is 7.25. The van der Waals surface area contributed by atoms with Gasteiger partial charge in [0.15, 0.2) is 5.16 Å². The summed E-state index contributed by atoms with van der Waals surface area (Å²) in [5.41, 5.74) is 1.84. The zero-order valence-electron chi connectivity index (χ0n) is 14.5. The number of carbonyl (C=O) groups excluding carboxylic acids is 1. The zero-order chi connectivity index (χ0) is 18.1. The smallest absolute Gasteiger partial charge is 0.262 e. The number of nitrogens with zero attached hydrogens (tertiary/aromatic N) is 3. The predicted molar refractivity (Wildman–Crippen MR) is 106 cm³/mol. The summed E-state index contributed by atoms with van der Waals surface area (Å²) in [6.45, 7) is 1.72. The van der Waals surface area contributed by atoms with Gasteiger partial charge in [-0.3, -0.25) is 14.2 Å². The maximum Gasteiger partial charge on any atom is 0.262 e. The fourth-order valence-electron chi connectivity index (χ4n) is 3.10. The highest BCUT2D eigenvalue weighted by molar-refractivity contribution is 7.98. The van der Waals surface area contributed by atoms with E-state index in [-0.39, 0.29) is 11.5 Å². The van der Waals surface area contributed by atoms with Crippen LogP contribution in [0.3, 0.4) is 0 Å². The van der Waals surface area contributed by atoms with E-state index in [1.807, 2.05) is 40.6 Å². The Bertz CT molecular complexity index is 1000. The van der Waals surface area contributed by atoms with E-state index in [0.717, 1.165) is 41.9 Å². The first-order valence-electron chi connectivity index (χ1n) is 8.59. The molecule has 26 heavy (non-hydrogen) atoms. The molecule has 0 N–H and O–H groups in total. The summed E-state index contributed by atoms with van der Waals surface area (Å²) in [5.74, 6) is 0.823. The summed E-state index contributed by atoms with van der Waals surface area (Å²) in [6.07, 6.45) is 2.20. The van der Waals surface area contributed by atoms with Gasteiger partial charge in [-0.15, -0.1) is 11.3 Å². The molecule has 1 saturated heterocycles. The van der Waals surface area contributed by atoms with Crippen LogP contribution in [-0.4, -0.2) is 33.4 Å². The maximum absolute atomic E-state index is 12.4. The highest BCUT2D eigenvalue weighted by atomic mass is 32.2. The fourth-order valence-corrected chi connectivity index (χ4v) is 4.84. The Labute approximate surface area is 159 Å². The summed E-state index contributed by atoms with van der Waals surface area (Å²) in [5, 5.41) is 3.28. The Morgan fingerprint density at radius 2 is 1.92 bits per heavy atom. The van der Waals surface area contributed by atoms with Crippen LogP contribution in [0, 0.1) is 0 Å². The molecule has 0 unspecified atom stereocenters. The standard InChI is InChI=1S/C19H19N3O2S2/c1-21-18(24)15-8-11-25-16(15)20-19(21)26-12-13-4-6-14(7-5-13)17(23)22-9-2-3-10-22/h4-8,11H,2-3,9-10,12H2,1H3. The van der Waals surface area contributed by atoms with E-state index in [2.05, 4.69) is 4.98 Å². The molecule has 0 radical (unpaired) electrons. The Morgan fingerprint density at radius 3 is 2.65 bits per heavy atom. The van der Waals surface area contributed by atoms with Gasteiger partial charge in [0, 0.05) is 31.5 Å². The quantitative estimate of drug-likeness (QED) is 0.509. The maximum atomic E-state index is 12.4. The van der Waals surface area contributed by atoms with Gasteiger partial charge >= 0.3 is 0 Å². The van der Waals surface area contributed by atoms with Gasteiger partial charge in [0.05, 0.1) is 5.39 Å². The van der Waals surface area contributed by atoms with Crippen LogP contribution < -0.4 is 5.56 Å². The van der Waals surface area contributed by atoms with E-state index in [9.17, 15) is 9.59 Å². The van der Waals surface area contributed by atoms with E-state index < -0.39 is 0 Å². The molecule has 1 aliphatic rings. The van der Waals surface area contributed by atoms with Crippen LogP contribution in [0.5, 0.6) is 0 Å². The molecule has 2 aromatic heterocycles. The highest BCUT2D eigenvalue weighted by Gasteiger charge is 2.19. The number of benzene rings is 1. The average Bonchev–Trinajstić information content (AvgIpc) is 3.35. The molecule has 134 valence electrons. The van der Waals surface area contributed by atoms with Gasteiger partial charge in [-0.2, -0.15) is 0 Å². The number of hydrogen-bond donors (Lipinski definition) is 0. The third kappa shape index (κ3) is 3.29. The second-order valence-corrected chi connectivity index (χ2v) is 8.22. The van der Waals surface area contributed by atoms with Crippen LogP contribution in [-0.2, 0) is 12.8 Å². The lowest BCUT2D eigenvalue weighted by atomic mass is 10.1. The molecule has 1 fully saturated rings. The summed E-state index contributed by atoms with van der Waals surface area (Å²) < 4.78 is 1.60. The van der Waals surface area contributed by atoms with Crippen LogP contribution in [0.2, 0.25) is 0 Å². The number of likely N-dealkylation sites (tertiary alicyclic amines) is 1. The van der Waals surface area contributed by atoms with Crippen LogP contribution in [0.1, 0.15) is 28.8 Å². The SMILES string of the molecule is Cn1c(SCc2ccc(C(=O)N3CCCC3)cc2)nc2sccc2c1=O. The average molecular weight is 386 g/mol. The molecule has 0 spiro atoms. The summed E-state index contributed by atoms with van der Waals surface area (Å²) in [7, 11) is 1.76. The second-order valence-electron chi connectivity index (χ2n) is 6.38. The molecule has 5 nitrogen and oxygen atoms in total. The Hall–Kier alpha value is -2.12. The molecule has 0 aliphatic carbocycles. The minimum atomic E-state index is -0.00897. The highest BCUT2D eigenvalue weighted by Crippen LogP contribution is 2.24. The molecular formula is C19H19N3O2S2. The van der Waals surface area contributed by atoms with E-state index >= 15 is 0 Å². The summed E-state index contributed by atoms with van der Waals surface area (Å²) in [4.78, 5) is 32.0. The molecule has 1 amide bonds. The molecule has 7 heteroatoms. The Morgan fingerprint density at radius 1 is 1.19 bits per heavy atom. The van der Waals surface area contributed by atoms with Crippen LogP contribution in [0.25, 0.3) is 10.2 Å². The van der Waals surface area contributed by atoms with Crippen molar-refractivity contribution in [2.24, 2.45) is 7.05 Å². The van der Waals surface area contributed by atoms with Crippen molar-refractivity contribution in [1.82, 2.24) is 14.5 Å². The predicted octanol–water partition coefficient (Wildman–Crippen LogP) is 3.52. The molecule has 1 aromatic carbocycles. The number of thiophene rings is 1. The first kappa shape index (κ1) is 17.3. The third-order valence-corrected chi connectivity index (χ3v) is 6.53.